The summed E-state index contributed by atoms with van der Waals surface area (Å²) in [4.78, 5) is 90.4. The van der Waals surface area contributed by atoms with E-state index in [4.69, 9.17) is 34.7 Å². The Hall–Kier alpha value is -4.56. The van der Waals surface area contributed by atoms with E-state index >= 15 is 0 Å². The van der Waals surface area contributed by atoms with Crippen LogP contribution in [0, 0.1) is 0 Å². The molecular formula is C31H40N10O15P2S. The number of nitrogens with zero attached hydrogens (tertiary/aromatic N) is 8. The quantitative estimate of drug-likeness (QED) is 0.0428. The third kappa shape index (κ3) is 10.6. The summed E-state index contributed by atoms with van der Waals surface area (Å²) >= 11 is 1.27. The molecule has 1 amide bonds. The van der Waals surface area contributed by atoms with E-state index in [0.29, 0.717) is 12.1 Å². The lowest BCUT2D eigenvalue weighted by Gasteiger charge is -2.29. The number of aliphatic hydroxyl groups is 1. The number of thiazole rings is 1. The Kier molecular flexibility index (Phi) is 13.7. The molecule has 25 nitrogen and oxygen atoms in total. The Morgan fingerprint density at radius 2 is 1.88 bits per heavy atom. The third-order valence-electron chi connectivity index (χ3n) is 9.22. The number of likely N-dealkylation sites (N-methyl/N-ethyl adjacent to an activating group) is 1. The third-order valence-corrected chi connectivity index (χ3v) is 11.4. The molecule has 2 aliphatic heterocycles. The summed E-state index contributed by atoms with van der Waals surface area (Å²) in [5.41, 5.74) is 12.9. The maximum absolute atomic E-state index is 14.0. The molecule has 4 aromatic heterocycles. The van der Waals surface area contributed by atoms with E-state index in [2.05, 4.69) is 36.0 Å². The zero-order chi connectivity index (χ0) is 42.6. The number of aliphatic hydroxyl groups excluding tert-OH is 1. The lowest BCUT2D eigenvalue weighted by molar-refractivity contribution is -0.165. The van der Waals surface area contributed by atoms with Crippen LogP contribution in [0.3, 0.4) is 0 Å². The molecule has 0 saturated carbocycles. The lowest BCUT2D eigenvalue weighted by Crippen LogP contribution is -2.48. The van der Waals surface area contributed by atoms with Crippen molar-refractivity contribution in [2.75, 3.05) is 31.7 Å². The molecule has 0 bridgehead atoms. The van der Waals surface area contributed by atoms with Gasteiger partial charge in [-0.15, -0.1) is 17.9 Å². The van der Waals surface area contributed by atoms with Crippen molar-refractivity contribution in [1.29, 1.82) is 0 Å². The van der Waals surface area contributed by atoms with Crippen LogP contribution in [-0.2, 0) is 52.9 Å². The van der Waals surface area contributed by atoms with E-state index in [1.165, 1.54) is 46.4 Å². The number of nitrogen functional groups attached to an aromatic ring is 2. The van der Waals surface area contributed by atoms with Crippen molar-refractivity contribution in [3.05, 3.63) is 64.6 Å². The number of ether oxygens (including phenoxy) is 3. The van der Waals surface area contributed by atoms with Gasteiger partial charge in [-0.2, -0.15) is 4.98 Å². The number of esters is 1. The van der Waals surface area contributed by atoms with Gasteiger partial charge in [-0.25, -0.2) is 38.7 Å². The number of hydrogen-bond donors (Lipinski definition) is 6. The molecule has 2 aliphatic rings. The SMILES string of the molecule is C=CCCC(=O)N(C)C(Cc1cscn1)C(=O)O[C@H]1[C@@H](O)[C@H](n2cnc3c(N)ncnc32)O[C@@H]1COP(=O)(O)O[C@H]1C[C@H](n2ccc(N)nc2=O)O[C@@H]1COP(=O)(O)O. The van der Waals surface area contributed by atoms with Crippen molar-refractivity contribution in [3.63, 3.8) is 0 Å². The first kappa shape index (κ1) is 44.0. The highest BCUT2D eigenvalue weighted by Gasteiger charge is 2.50. The van der Waals surface area contributed by atoms with Crippen molar-refractivity contribution >= 4 is 61.7 Å². The van der Waals surface area contributed by atoms with Crippen molar-refractivity contribution in [2.45, 2.75) is 74.7 Å². The molecule has 28 heteroatoms. The molecule has 4 aromatic rings. The van der Waals surface area contributed by atoms with Gasteiger partial charge in [0.25, 0.3) is 0 Å². The number of nitrogens with two attached hydrogens (primary N) is 2. The van der Waals surface area contributed by atoms with Gasteiger partial charge in [0.15, 0.2) is 23.8 Å². The largest absolute Gasteiger partial charge is 0.472 e. The van der Waals surface area contributed by atoms with Crippen LogP contribution in [0.1, 0.15) is 37.4 Å². The number of fused-ring (bicyclic) bond motifs is 1. The summed E-state index contributed by atoms with van der Waals surface area (Å²) in [5.74, 6) is -1.49. The molecule has 0 spiro atoms. The van der Waals surface area contributed by atoms with E-state index in [-0.39, 0.29) is 42.1 Å². The summed E-state index contributed by atoms with van der Waals surface area (Å²) in [6.07, 6.45) is -5.28. The summed E-state index contributed by atoms with van der Waals surface area (Å²) in [5, 5.41) is 13.4. The minimum absolute atomic E-state index is 0.0108. The molecule has 2 fully saturated rings. The van der Waals surface area contributed by atoms with Crippen LogP contribution in [0.2, 0.25) is 0 Å². The molecule has 0 aliphatic carbocycles. The first-order chi connectivity index (χ1) is 27.9. The monoisotopic (exact) mass is 886 g/mol. The van der Waals surface area contributed by atoms with E-state index < -0.39 is 95.4 Å². The Balaban J connectivity index is 1.24. The fourth-order valence-corrected chi connectivity index (χ4v) is 8.18. The van der Waals surface area contributed by atoms with Gasteiger partial charge in [-0.1, -0.05) is 6.08 Å². The second-order valence-corrected chi connectivity index (χ2v) is 16.5. The zero-order valence-electron chi connectivity index (χ0n) is 30.9. The van der Waals surface area contributed by atoms with Crippen LogP contribution < -0.4 is 17.2 Å². The lowest BCUT2D eigenvalue weighted by atomic mass is 10.1. The summed E-state index contributed by atoms with van der Waals surface area (Å²) in [7, 11) is -8.88. The van der Waals surface area contributed by atoms with Gasteiger partial charge in [0.05, 0.1) is 30.7 Å². The van der Waals surface area contributed by atoms with Crippen molar-refractivity contribution in [2.24, 2.45) is 0 Å². The molecule has 6 heterocycles. The minimum Gasteiger partial charge on any atom is -0.455 e. The maximum atomic E-state index is 14.0. The minimum atomic E-state index is -5.22. The van der Waals surface area contributed by atoms with Crippen LogP contribution in [0.25, 0.3) is 11.2 Å². The molecule has 0 aromatic carbocycles. The number of phosphoric acid groups is 2. The van der Waals surface area contributed by atoms with Crippen LogP contribution in [0.15, 0.2) is 53.3 Å². The maximum Gasteiger partial charge on any atom is 0.472 e. The first-order valence-electron chi connectivity index (χ1n) is 17.5. The van der Waals surface area contributed by atoms with Crippen molar-refractivity contribution < 1.29 is 66.3 Å². The Morgan fingerprint density at radius 1 is 1.12 bits per heavy atom. The topological polar surface area (TPSA) is 351 Å². The van der Waals surface area contributed by atoms with E-state index in [9.17, 15) is 43.3 Å². The molecule has 2 unspecified atom stereocenters. The number of amides is 1. The van der Waals surface area contributed by atoms with Crippen molar-refractivity contribution in [3.8, 4) is 0 Å². The van der Waals surface area contributed by atoms with Crippen LogP contribution in [-0.4, -0.2) is 127 Å². The number of imidazole rings is 1. The van der Waals surface area contributed by atoms with Crippen LogP contribution in [0.4, 0.5) is 11.6 Å². The second-order valence-electron chi connectivity index (χ2n) is 13.2. The standard InChI is InChI=1S/C31H40N10O15P2S/c1-3-4-5-22(42)39(2)17(8-16-12-59-15-37-16)30(44)55-26-20(54-29(25(26)43)41-14-36-24-27(33)34-13-35-28(24)41)11-52-58(49,50)56-18-9-23(40-7-6-21(32)38-31(40)45)53-19(18)10-51-57(46,47)48/h3,6-7,12-15,17-20,23,25-26,29,43H,1,4-5,8-11H2,2H3,(H,49,50)(H2,32,38,45)(H2,33,34,35)(H2,46,47,48)/t17?,18-,19+,20+,23+,25+,26+,29+/m0/s1. The van der Waals surface area contributed by atoms with E-state index in [0.717, 1.165) is 10.9 Å². The summed E-state index contributed by atoms with van der Waals surface area (Å²) in [6.45, 7) is 1.90. The Bertz CT molecular complexity index is 2290. The van der Waals surface area contributed by atoms with Crippen LogP contribution in [0.5, 0.6) is 0 Å². The summed E-state index contributed by atoms with van der Waals surface area (Å²) in [6, 6.07) is 0.0313. The smallest absolute Gasteiger partial charge is 0.455 e. The number of rotatable bonds is 18. The molecule has 0 radical (unpaired) electrons. The molecule has 9 atom stereocenters. The van der Waals surface area contributed by atoms with E-state index in [1.54, 1.807) is 17.0 Å². The predicted molar refractivity (Wildman–Crippen MR) is 201 cm³/mol. The molecule has 2 saturated heterocycles. The van der Waals surface area contributed by atoms with Gasteiger partial charge in [-0.05, 0) is 12.5 Å². The van der Waals surface area contributed by atoms with Gasteiger partial charge in [0.1, 0.15) is 54.3 Å². The van der Waals surface area contributed by atoms with Gasteiger partial charge in [-0.3, -0.25) is 27.5 Å². The average Bonchev–Trinajstić information content (AvgIpc) is 3.98. The summed E-state index contributed by atoms with van der Waals surface area (Å²) < 4.78 is 60.2. The highest BCUT2D eigenvalue weighted by molar-refractivity contribution is 7.47. The highest BCUT2D eigenvalue weighted by atomic mass is 32.1. The number of phosphoric ester groups is 2. The fourth-order valence-electron chi connectivity index (χ4n) is 6.31. The number of carbonyl (C=O) groups is 2. The Labute approximate surface area is 337 Å². The van der Waals surface area contributed by atoms with Gasteiger partial charge in [0.2, 0.25) is 5.91 Å². The molecule has 8 N–H and O–H groups in total. The van der Waals surface area contributed by atoms with Gasteiger partial charge >= 0.3 is 27.3 Å². The predicted octanol–water partition coefficient (Wildman–Crippen LogP) is -0.191. The molecular weight excluding hydrogens is 846 g/mol. The number of hydrogen-bond acceptors (Lipinski definition) is 20. The fraction of sp³-hybridized carbons (Fsp3) is 0.484. The van der Waals surface area contributed by atoms with Crippen molar-refractivity contribution in [1.82, 2.24) is 39.0 Å². The first-order valence-corrected chi connectivity index (χ1v) is 21.5. The number of carbonyl (C=O) groups excluding carboxylic acids is 2. The molecule has 59 heavy (non-hydrogen) atoms. The number of anilines is 2. The Morgan fingerprint density at radius 3 is 2.58 bits per heavy atom. The second kappa shape index (κ2) is 18.4. The molecule has 6 rings (SSSR count). The van der Waals surface area contributed by atoms with E-state index in [1.807, 2.05) is 0 Å². The van der Waals surface area contributed by atoms with Gasteiger partial charge in [0, 0.05) is 37.9 Å². The number of aromatic nitrogens is 7. The highest BCUT2D eigenvalue weighted by Crippen LogP contribution is 2.50. The normalized spacial score (nSPS) is 24.8. The van der Waals surface area contributed by atoms with Gasteiger partial charge < -0.3 is 50.4 Å². The zero-order valence-corrected chi connectivity index (χ0v) is 33.5. The number of allylic oxidation sites excluding steroid dienone is 1. The van der Waals surface area contributed by atoms with Crippen LogP contribution >= 0.6 is 27.0 Å². The average molecular weight is 887 g/mol. The molecule has 320 valence electrons.